The van der Waals surface area contributed by atoms with E-state index in [1.165, 1.54) is 18.6 Å². The van der Waals surface area contributed by atoms with E-state index in [1.807, 2.05) is 11.5 Å². The minimum Gasteiger partial charge on any atom is -0.452 e. The Bertz CT molecular complexity index is 888. The van der Waals surface area contributed by atoms with Gasteiger partial charge in [0.15, 0.2) is 6.61 Å². The lowest BCUT2D eigenvalue weighted by atomic mass is 9.78. The molecule has 0 aliphatic heterocycles. The molecule has 1 aliphatic carbocycles. The molecule has 5 nitrogen and oxygen atoms in total. The van der Waals surface area contributed by atoms with E-state index in [-0.39, 0.29) is 24.4 Å². The van der Waals surface area contributed by atoms with Crippen LogP contribution in [0.4, 0.5) is 4.39 Å². The van der Waals surface area contributed by atoms with Crippen molar-refractivity contribution in [3.8, 4) is 5.69 Å². The molecule has 1 N–H and O–H groups in total. The summed E-state index contributed by atoms with van der Waals surface area (Å²) in [5, 5.41) is 3.01. The number of carbonyl (C=O) groups excluding carboxylic acids is 2. The highest BCUT2D eigenvalue weighted by Gasteiger charge is 2.28. The van der Waals surface area contributed by atoms with Crippen molar-refractivity contribution in [1.82, 2.24) is 9.88 Å². The molecule has 0 saturated heterocycles. The highest BCUT2D eigenvalue weighted by molar-refractivity contribution is 5.93. The van der Waals surface area contributed by atoms with Gasteiger partial charge in [0, 0.05) is 23.1 Å². The Kier molecular flexibility index (Phi) is 6.40. The van der Waals surface area contributed by atoms with Crippen LogP contribution >= 0.6 is 0 Å². The molecular formula is C23H29FN2O3. The van der Waals surface area contributed by atoms with Gasteiger partial charge in [0.05, 0.1) is 5.56 Å². The molecular weight excluding hydrogens is 371 g/mol. The third-order valence-corrected chi connectivity index (χ3v) is 6.12. The van der Waals surface area contributed by atoms with Crippen LogP contribution in [0.5, 0.6) is 0 Å². The average molecular weight is 400 g/mol. The Hall–Kier alpha value is -2.63. The van der Waals surface area contributed by atoms with Crippen molar-refractivity contribution in [2.24, 2.45) is 11.8 Å². The quantitative estimate of drug-likeness (QED) is 0.760. The standard InChI is InChI=1S/C23H29FN2O3/c1-14-6-5-7-21(16(14)3)25-22(27)13-29-23(28)20-12-15(2)26(17(20)4)19-10-8-18(24)9-11-19/h8-12,14,16,21H,5-7,13H2,1-4H3,(H,25,27)/t14-,16-,21+/m1/s1. The summed E-state index contributed by atoms with van der Waals surface area (Å²) in [7, 11) is 0. The molecule has 0 spiro atoms. The molecule has 29 heavy (non-hydrogen) atoms. The van der Waals surface area contributed by atoms with Gasteiger partial charge in [0.2, 0.25) is 0 Å². The molecule has 2 aromatic rings. The molecule has 156 valence electrons. The first-order chi connectivity index (χ1) is 13.8. The Labute approximate surface area is 171 Å². The molecule has 3 rings (SSSR count). The fourth-order valence-corrected chi connectivity index (χ4v) is 4.20. The van der Waals surface area contributed by atoms with Gasteiger partial charge in [-0.2, -0.15) is 0 Å². The van der Waals surface area contributed by atoms with Gasteiger partial charge in [-0.05, 0) is 62.4 Å². The van der Waals surface area contributed by atoms with Gasteiger partial charge in [-0.15, -0.1) is 0 Å². The van der Waals surface area contributed by atoms with Crippen LogP contribution in [0.25, 0.3) is 5.69 Å². The minimum absolute atomic E-state index is 0.133. The van der Waals surface area contributed by atoms with Gasteiger partial charge < -0.3 is 14.6 Å². The van der Waals surface area contributed by atoms with E-state index in [0.29, 0.717) is 23.1 Å². The molecule has 3 atom stereocenters. The summed E-state index contributed by atoms with van der Waals surface area (Å²) in [6.45, 7) is 7.74. The Morgan fingerprint density at radius 3 is 2.55 bits per heavy atom. The molecule has 6 heteroatoms. The Balaban J connectivity index is 1.63. The van der Waals surface area contributed by atoms with Gasteiger partial charge in [-0.3, -0.25) is 4.79 Å². The van der Waals surface area contributed by atoms with Crippen LogP contribution in [-0.2, 0) is 9.53 Å². The van der Waals surface area contributed by atoms with Crippen LogP contribution < -0.4 is 5.32 Å². The largest absolute Gasteiger partial charge is 0.452 e. The number of benzene rings is 1. The number of ether oxygens (including phenoxy) is 1. The molecule has 1 fully saturated rings. The molecule has 1 aliphatic rings. The topological polar surface area (TPSA) is 60.3 Å². The number of nitrogens with zero attached hydrogens (tertiary/aromatic N) is 1. The van der Waals surface area contributed by atoms with E-state index < -0.39 is 5.97 Å². The maximum atomic E-state index is 13.2. The number of carbonyl (C=O) groups is 2. The Morgan fingerprint density at radius 1 is 1.17 bits per heavy atom. The monoisotopic (exact) mass is 400 g/mol. The molecule has 0 bridgehead atoms. The zero-order valence-electron chi connectivity index (χ0n) is 17.5. The molecule has 0 unspecified atom stereocenters. The molecule has 1 saturated carbocycles. The zero-order valence-corrected chi connectivity index (χ0v) is 17.5. The molecule has 1 aromatic heterocycles. The van der Waals surface area contributed by atoms with Gasteiger partial charge >= 0.3 is 5.97 Å². The predicted octanol–water partition coefficient (Wildman–Crippen LogP) is 4.33. The fraction of sp³-hybridized carbons (Fsp3) is 0.478. The van der Waals surface area contributed by atoms with Crippen LogP contribution in [0.3, 0.4) is 0 Å². The number of esters is 1. The van der Waals surface area contributed by atoms with E-state index in [4.69, 9.17) is 4.74 Å². The number of rotatable bonds is 5. The van der Waals surface area contributed by atoms with Gasteiger partial charge in [0.1, 0.15) is 5.82 Å². The van der Waals surface area contributed by atoms with Crippen molar-refractivity contribution in [2.75, 3.05) is 6.61 Å². The van der Waals surface area contributed by atoms with Gasteiger partial charge in [-0.1, -0.05) is 26.7 Å². The number of aromatic nitrogens is 1. The van der Waals surface area contributed by atoms with Crippen molar-refractivity contribution in [1.29, 1.82) is 0 Å². The van der Waals surface area contributed by atoms with Crippen LogP contribution in [0.15, 0.2) is 30.3 Å². The summed E-state index contributed by atoms with van der Waals surface area (Å²) < 4.78 is 20.3. The highest BCUT2D eigenvalue weighted by Crippen LogP contribution is 2.29. The number of aryl methyl sites for hydroxylation is 1. The van der Waals surface area contributed by atoms with Crippen molar-refractivity contribution in [3.05, 3.63) is 53.1 Å². The SMILES string of the molecule is Cc1cc(C(=O)OCC(=O)N[C@H]2CCC[C@@H](C)[C@H]2C)c(C)n1-c1ccc(F)cc1. The zero-order chi connectivity index (χ0) is 21.1. The molecule has 0 radical (unpaired) electrons. The number of amides is 1. The van der Waals surface area contributed by atoms with E-state index >= 15 is 0 Å². The molecule has 1 amide bonds. The van der Waals surface area contributed by atoms with Crippen LogP contribution in [0.1, 0.15) is 54.9 Å². The lowest BCUT2D eigenvalue weighted by molar-refractivity contribution is -0.125. The maximum Gasteiger partial charge on any atom is 0.340 e. The number of halogens is 1. The first kappa shape index (κ1) is 21.1. The number of nitrogens with one attached hydrogen (secondary N) is 1. The third-order valence-electron chi connectivity index (χ3n) is 6.12. The average Bonchev–Trinajstić information content (AvgIpc) is 2.99. The second-order valence-corrected chi connectivity index (χ2v) is 8.11. The van der Waals surface area contributed by atoms with Crippen LogP contribution in [0, 0.1) is 31.5 Å². The summed E-state index contributed by atoms with van der Waals surface area (Å²) in [6.07, 6.45) is 3.25. The van der Waals surface area contributed by atoms with Gasteiger partial charge in [0.25, 0.3) is 5.91 Å². The number of hydrogen-bond acceptors (Lipinski definition) is 3. The van der Waals surface area contributed by atoms with Crippen LogP contribution in [0.2, 0.25) is 0 Å². The fourth-order valence-electron chi connectivity index (χ4n) is 4.20. The lowest BCUT2D eigenvalue weighted by Gasteiger charge is -2.34. The normalized spacial score (nSPS) is 21.6. The second kappa shape index (κ2) is 8.80. The summed E-state index contributed by atoms with van der Waals surface area (Å²) in [5.41, 5.74) is 2.68. The smallest absolute Gasteiger partial charge is 0.340 e. The predicted molar refractivity (Wildman–Crippen MR) is 110 cm³/mol. The summed E-state index contributed by atoms with van der Waals surface area (Å²) in [6, 6.07) is 7.93. The van der Waals surface area contributed by atoms with Crippen molar-refractivity contribution < 1.29 is 18.7 Å². The Morgan fingerprint density at radius 2 is 1.86 bits per heavy atom. The van der Waals surface area contributed by atoms with Crippen LogP contribution in [-0.4, -0.2) is 29.1 Å². The number of hydrogen-bond donors (Lipinski definition) is 1. The highest BCUT2D eigenvalue weighted by atomic mass is 19.1. The van der Waals surface area contributed by atoms with Gasteiger partial charge in [-0.25, -0.2) is 9.18 Å². The van der Waals surface area contributed by atoms with E-state index in [2.05, 4.69) is 19.2 Å². The summed E-state index contributed by atoms with van der Waals surface area (Å²) in [4.78, 5) is 24.8. The van der Waals surface area contributed by atoms with Crippen molar-refractivity contribution in [2.45, 2.75) is 53.0 Å². The molecule has 1 heterocycles. The third kappa shape index (κ3) is 4.69. The van der Waals surface area contributed by atoms with E-state index in [1.54, 1.807) is 25.1 Å². The first-order valence-electron chi connectivity index (χ1n) is 10.2. The first-order valence-corrected chi connectivity index (χ1v) is 10.2. The summed E-state index contributed by atoms with van der Waals surface area (Å²) >= 11 is 0. The second-order valence-electron chi connectivity index (χ2n) is 8.11. The summed E-state index contributed by atoms with van der Waals surface area (Å²) in [5.74, 6) is -0.127. The molecule has 1 aromatic carbocycles. The van der Waals surface area contributed by atoms with Crippen molar-refractivity contribution in [3.63, 3.8) is 0 Å². The van der Waals surface area contributed by atoms with Crippen molar-refractivity contribution >= 4 is 11.9 Å². The van der Waals surface area contributed by atoms with E-state index in [0.717, 1.165) is 24.2 Å². The maximum absolute atomic E-state index is 13.2. The van der Waals surface area contributed by atoms with E-state index in [9.17, 15) is 14.0 Å². The minimum atomic E-state index is -0.535. The lowest BCUT2D eigenvalue weighted by Crippen LogP contribution is -2.45.